The molecule has 192 valence electrons. The maximum absolute atomic E-state index is 13.3. The average molecular weight is 518 g/mol. The van der Waals surface area contributed by atoms with E-state index in [0.29, 0.717) is 36.8 Å². The van der Waals surface area contributed by atoms with Crippen LogP contribution in [-0.4, -0.2) is 21.5 Å². The maximum atomic E-state index is 13.3. The predicted molar refractivity (Wildman–Crippen MR) is 137 cm³/mol. The van der Waals surface area contributed by atoms with Gasteiger partial charge in [-0.25, -0.2) is 15.0 Å². The largest absolute Gasteiger partial charge is 0.417 e. The molecule has 4 rings (SSSR count). The molecule has 0 spiro atoms. The quantitative estimate of drug-likeness (QED) is 0.409. The summed E-state index contributed by atoms with van der Waals surface area (Å²) in [5, 5.41) is -0.0472. The topological polar surface area (TPSA) is 67.9 Å². The maximum Gasteiger partial charge on any atom is 0.417 e. The minimum Gasteiger partial charge on any atom is -0.383 e. The van der Waals surface area contributed by atoms with Gasteiger partial charge in [-0.3, -0.25) is 0 Å². The molecule has 1 aliphatic rings. The second kappa shape index (κ2) is 9.54. The summed E-state index contributed by atoms with van der Waals surface area (Å²) in [5.74, 6) is 1.52. The van der Waals surface area contributed by atoms with E-state index in [1.807, 2.05) is 18.7 Å². The Morgan fingerprint density at radius 3 is 2.28 bits per heavy atom. The van der Waals surface area contributed by atoms with Crippen molar-refractivity contribution in [1.29, 1.82) is 0 Å². The summed E-state index contributed by atoms with van der Waals surface area (Å²) in [6, 6.07) is 9.00. The van der Waals surface area contributed by atoms with Crippen LogP contribution < -0.4 is 10.6 Å². The van der Waals surface area contributed by atoms with Crippen LogP contribution in [0, 0.1) is 0 Å². The molecule has 2 N–H and O–H groups in total. The van der Waals surface area contributed by atoms with Crippen molar-refractivity contribution in [2.24, 2.45) is 0 Å². The third-order valence-electron chi connectivity index (χ3n) is 6.61. The van der Waals surface area contributed by atoms with Gasteiger partial charge in [-0.2, -0.15) is 13.2 Å². The van der Waals surface area contributed by atoms with Gasteiger partial charge in [-0.1, -0.05) is 70.5 Å². The Labute approximate surface area is 214 Å². The number of alkyl halides is 3. The van der Waals surface area contributed by atoms with Crippen molar-refractivity contribution in [3.05, 3.63) is 75.3 Å². The Kier molecular flexibility index (Phi) is 6.94. The van der Waals surface area contributed by atoms with E-state index in [0.717, 1.165) is 29.1 Å². The predicted octanol–water partition coefficient (Wildman–Crippen LogP) is 6.89. The van der Waals surface area contributed by atoms with Crippen molar-refractivity contribution < 1.29 is 13.2 Å². The van der Waals surface area contributed by atoms with Crippen LogP contribution in [-0.2, 0) is 24.4 Å². The first-order chi connectivity index (χ1) is 16.8. The summed E-state index contributed by atoms with van der Waals surface area (Å²) in [6.45, 7) is 10.9. The van der Waals surface area contributed by atoms with Gasteiger partial charge in [0.15, 0.2) is 0 Å². The summed E-state index contributed by atoms with van der Waals surface area (Å²) in [4.78, 5) is 15.5. The molecule has 1 aromatic carbocycles. The van der Waals surface area contributed by atoms with Crippen molar-refractivity contribution in [3.8, 4) is 0 Å². The molecule has 0 fully saturated rings. The van der Waals surface area contributed by atoms with Crippen molar-refractivity contribution >= 4 is 23.2 Å². The van der Waals surface area contributed by atoms with Crippen LogP contribution in [0.4, 0.5) is 24.8 Å². The van der Waals surface area contributed by atoms with Crippen LogP contribution in [0.15, 0.2) is 36.5 Å². The number of anilines is 2. The van der Waals surface area contributed by atoms with Crippen molar-refractivity contribution in [2.75, 3.05) is 17.2 Å². The second-order valence-corrected chi connectivity index (χ2v) is 11.0. The third-order valence-corrected chi connectivity index (χ3v) is 6.88. The summed E-state index contributed by atoms with van der Waals surface area (Å²) in [5.41, 5.74) is 9.35. The normalized spacial score (nSPS) is 16.7. The van der Waals surface area contributed by atoms with Crippen LogP contribution in [0.25, 0.3) is 0 Å². The average Bonchev–Trinajstić information content (AvgIpc) is 2.98. The van der Waals surface area contributed by atoms with E-state index < -0.39 is 11.7 Å². The number of pyridine rings is 1. The number of hydrogen-bond acceptors (Lipinski definition) is 5. The lowest BCUT2D eigenvalue weighted by atomic mass is 9.86. The number of benzene rings is 1. The lowest BCUT2D eigenvalue weighted by Crippen LogP contribution is -2.31. The smallest absolute Gasteiger partial charge is 0.383 e. The van der Waals surface area contributed by atoms with Gasteiger partial charge >= 0.3 is 6.18 Å². The standard InChI is InChI=1S/C27H31ClF3N5/c1-15(2)24-34-21-13-22(16-6-8-17(9-7-16)26(3,4)5)36(11-10-19(21)23(32)35-24)25-20(28)12-18(14-33-25)27(29,30)31/h6-9,12,14-15,22H,10-11,13H2,1-5H3,(H2,32,34,35). The zero-order valence-corrected chi connectivity index (χ0v) is 21.9. The first kappa shape index (κ1) is 26.2. The molecular formula is C27H31ClF3N5. The zero-order valence-electron chi connectivity index (χ0n) is 21.1. The van der Waals surface area contributed by atoms with Crippen molar-refractivity contribution in [3.63, 3.8) is 0 Å². The molecule has 0 radical (unpaired) electrons. The Morgan fingerprint density at radius 2 is 1.72 bits per heavy atom. The number of fused-ring (bicyclic) bond motifs is 1. The second-order valence-electron chi connectivity index (χ2n) is 10.6. The molecule has 36 heavy (non-hydrogen) atoms. The van der Waals surface area contributed by atoms with Crippen LogP contribution in [0.1, 0.15) is 80.4 Å². The van der Waals surface area contributed by atoms with E-state index >= 15 is 0 Å². The fourth-order valence-corrected chi connectivity index (χ4v) is 4.78. The SMILES string of the molecule is CC(C)c1nc(N)c2c(n1)CC(c1ccc(C(C)(C)C)cc1)N(c1ncc(C(F)(F)F)cc1Cl)CC2. The molecule has 1 atom stereocenters. The van der Waals surface area contributed by atoms with Crippen LogP contribution >= 0.6 is 11.6 Å². The van der Waals surface area contributed by atoms with E-state index in [1.165, 1.54) is 5.56 Å². The van der Waals surface area contributed by atoms with E-state index in [1.54, 1.807) is 0 Å². The Morgan fingerprint density at radius 1 is 1.06 bits per heavy atom. The highest BCUT2D eigenvalue weighted by Crippen LogP contribution is 2.39. The molecule has 1 aliphatic heterocycles. The Bertz CT molecular complexity index is 1250. The minimum absolute atomic E-state index is 0.0135. The molecule has 0 saturated heterocycles. The highest BCUT2D eigenvalue weighted by atomic mass is 35.5. The number of aromatic nitrogens is 3. The summed E-state index contributed by atoms with van der Waals surface area (Å²) in [6.07, 6.45) is -2.67. The van der Waals surface area contributed by atoms with Gasteiger partial charge in [0, 0.05) is 30.6 Å². The molecule has 0 aliphatic carbocycles. The van der Waals surface area contributed by atoms with E-state index in [4.69, 9.17) is 22.3 Å². The molecular weight excluding hydrogens is 487 g/mol. The zero-order chi connectivity index (χ0) is 26.4. The highest BCUT2D eigenvalue weighted by Gasteiger charge is 2.34. The molecule has 0 bridgehead atoms. The first-order valence-corrected chi connectivity index (χ1v) is 12.4. The van der Waals surface area contributed by atoms with Gasteiger partial charge in [0.2, 0.25) is 0 Å². The fraction of sp³-hybridized carbons (Fsp3) is 0.444. The molecule has 9 heteroatoms. The van der Waals surface area contributed by atoms with E-state index in [-0.39, 0.29) is 22.4 Å². The van der Waals surface area contributed by atoms with Gasteiger partial charge in [0.25, 0.3) is 0 Å². The minimum atomic E-state index is -4.52. The first-order valence-electron chi connectivity index (χ1n) is 12.0. The molecule has 2 aromatic heterocycles. The summed E-state index contributed by atoms with van der Waals surface area (Å²) >= 11 is 6.41. The molecule has 0 amide bonds. The number of nitrogens with zero attached hydrogens (tertiary/aromatic N) is 4. The Balaban J connectivity index is 1.83. The molecule has 5 nitrogen and oxygen atoms in total. The van der Waals surface area contributed by atoms with Crippen LogP contribution in [0.2, 0.25) is 5.02 Å². The number of halogens is 4. The summed E-state index contributed by atoms with van der Waals surface area (Å²) in [7, 11) is 0. The lowest BCUT2D eigenvalue weighted by molar-refractivity contribution is -0.137. The van der Waals surface area contributed by atoms with Gasteiger partial charge < -0.3 is 10.6 Å². The van der Waals surface area contributed by atoms with Gasteiger partial charge in [0.05, 0.1) is 22.3 Å². The van der Waals surface area contributed by atoms with Gasteiger partial charge in [-0.05, 0) is 29.0 Å². The fourth-order valence-electron chi connectivity index (χ4n) is 4.50. The third kappa shape index (κ3) is 5.28. The number of hydrogen-bond donors (Lipinski definition) is 1. The van der Waals surface area contributed by atoms with E-state index in [2.05, 4.69) is 55.0 Å². The molecule has 0 saturated carbocycles. The van der Waals surface area contributed by atoms with E-state index in [9.17, 15) is 13.2 Å². The van der Waals surface area contributed by atoms with Crippen molar-refractivity contribution in [2.45, 2.75) is 71.0 Å². The number of nitrogen functional groups attached to an aromatic ring is 1. The van der Waals surface area contributed by atoms with Crippen LogP contribution in [0.5, 0.6) is 0 Å². The molecule has 3 heterocycles. The van der Waals surface area contributed by atoms with Crippen molar-refractivity contribution in [1.82, 2.24) is 15.0 Å². The monoisotopic (exact) mass is 517 g/mol. The molecule has 3 aromatic rings. The van der Waals surface area contributed by atoms with Gasteiger partial charge in [-0.15, -0.1) is 0 Å². The highest BCUT2D eigenvalue weighted by molar-refractivity contribution is 6.33. The summed E-state index contributed by atoms with van der Waals surface area (Å²) < 4.78 is 39.8. The lowest BCUT2D eigenvalue weighted by Gasteiger charge is -2.32. The van der Waals surface area contributed by atoms with Gasteiger partial charge in [0.1, 0.15) is 17.5 Å². The Hall–Kier alpha value is -2.87. The van der Waals surface area contributed by atoms with Crippen LogP contribution in [0.3, 0.4) is 0 Å². The molecule has 1 unspecified atom stereocenters. The number of nitrogens with two attached hydrogens (primary N) is 1. The number of rotatable bonds is 3.